The molecule has 0 spiro atoms. The second kappa shape index (κ2) is 8.45. The fraction of sp³-hybridized carbons (Fsp3) is 0.143. The van der Waals surface area contributed by atoms with Crippen LogP contribution in [0.5, 0.6) is 0 Å². The van der Waals surface area contributed by atoms with Gasteiger partial charge in [-0.05, 0) is 11.1 Å². The SMILES string of the molecule is O=P1(c2ccccc2)CC(F)(c2ccccc2)P(=O)(c2ccccc2)CC1(F)c1ccccc1. The highest BCUT2D eigenvalue weighted by Crippen LogP contribution is 2.81. The Morgan fingerprint density at radius 1 is 0.471 bits per heavy atom. The lowest BCUT2D eigenvalue weighted by atomic mass is 10.1. The van der Waals surface area contributed by atoms with E-state index in [0.29, 0.717) is 0 Å². The third-order valence-electron chi connectivity index (χ3n) is 6.79. The summed E-state index contributed by atoms with van der Waals surface area (Å²) in [6, 6.07) is 32.9. The number of benzene rings is 4. The van der Waals surface area contributed by atoms with E-state index >= 15 is 8.78 Å². The number of rotatable bonds is 4. The summed E-state index contributed by atoms with van der Waals surface area (Å²) in [4.78, 5) is 0. The zero-order valence-corrected chi connectivity index (χ0v) is 20.2. The van der Waals surface area contributed by atoms with E-state index in [1.54, 1.807) is 121 Å². The van der Waals surface area contributed by atoms with E-state index in [2.05, 4.69) is 0 Å². The second-order valence-electron chi connectivity index (χ2n) is 8.72. The first kappa shape index (κ1) is 23.0. The fourth-order valence-electron chi connectivity index (χ4n) is 4.99. The standard InChI is InChI=1S/C28H24F2O2P2/c29-27(23-13-5-1-6-14-23)21-34(32,26-19-11-4-12-20-26)28(30,24-15-7-2-8-16-24)22-33(27,31)25-17-9-3-10-18-25/h1-20H,21-22H2. The summed E-state index contributed by atoms with van der Waals surface area (Å²) in [5, 5.41) is -4.49. The molecule has 0 N–H and O–H groups in total. The third-order valence-corrected chi connectivity index (χ3v) is 14.4. The molecule has 1 heterocycles. The molecule has 172 valence electrons. The van der Waals surface area contributed by atoms with Crippen LogP contribution in [0.15, 0.2) is 121 Å². The Hall–Kier alpha value is -2.80. The summed E-state index contributed by atoms with van der Waals surface area (Å²) < 4.78 is 64.7. The first-order valence-corrected chi connectivity index (χ1v) is 14.9. The van der Waals surface area contributed by atoms with Crippen LogP contribution in [0.25, 0.3) is 0 Å². The van der Waals surface area contributed by atoms with Gasteiger partial charge >= 0.3 is 0 Å². The lowest BCUT2D eigenvalue weighted by Gasteiger charge is -2.49. The Morgan fingerprint density at radius 3 is 1.03 bits per heavy atom. The molecule has 0 aliphatic carbocycles. The van der Waals surface area contributed by atoms with Crippen LogP contribution in [0.3, 0.4) is 0 Å². The fourth-order valence-corrected chi connectivity index (χ4v) is 13.7. The maximum absolute atomic E-state index is 17.5. The molecule has 1 fully saturated rings. The lowest BCUT2D eigenvalue weighted by molar-refractivity contribution is 0.250. The van der Waals surface area contributed by atoms with E-state index in [-0.39, 0.29) is 21.7 Å². The average Bonchev–Trinajstić information content (AvgIpc) is 2.89. The van der Waals surface area contributed by atoms with Gasteiger partial charge in [0.15, 0.2) is 25.1 Å². The van der Waals surface area contributed by atoms with Crippen LogP contribution in [-0.4, -0.2) is 12.3 Å². The maximum atomic E-state index is 17.5. The highest BCUT2D eigenvalue weighted by atomic mass is 31.2. The summed E-state index contributed by atoms with van der Waals surface area (Å²) in [7, 11) is -8.22. The van der Waals surface area contributed by atoms with Gasteiger partial charge in [0, 0.05) is 10.6 Å². The van der Waals surface area contributed by atoms with Crippen molar-refractivity contribution in [3.63, 3.8) is 0 Å². The second-order valence-corrected chi connectivity index (χ2v) is 14.8. The summed E-state index contributed by atoms with van der Waals surface area (Å²) >= 11 is 0. The number of hydrogen-bond donors (Lipinski definition) is 0. The summed E-state index contributed by atoms with van der Waals surface area (Å²) in [6.45, 7) is 0. The van der Waals surface area contributed by atoms with Crippen molar-refractivity contribution in [1.29, 1.82) is 0 Å². The van der Waals surface area contributed by atoms with E-state index in [1.807, 2.05) is 0 Å². The van der Waals surface area contributed by atoms with Gasteiger partial charge in [0.2, 0.25) is 0 Å². The minimum absolute atomic E-state index is 0.161. The van der Waals surface area contributed by atoms with Crippen molar-refractivity contribution < 1.29 is 17.9 Å². The van der Waals surface area contributed by atoms with Gasteiger partial charge in [-0.3, -0.25) is 0 Å². The van der Waals surface area contributed by atoms with Crippen LogP contribution in [-0.2, 0) is 19.9 Å². The smallest absolute Gasteiger partial charge is 0.199 e. The Morgan fingerprint density at radius 2 is 0.735 bits per heavy atom. The highest BCUT2D eigenvalue weighted by Gasteiger charge is 2.69. The van der Waals surface area contributed by atoms with Gasteiger partial charge in [0.1, 0.15) is 0 Å². The monoisotopic (exact) mass is 492 g/mol. The Balaban J connectivity index is 1.83. The first-order chi connectivity index (χ1) is 16.3. The molecule has 4 aromatic carbocycles. The van der Waals surface area contributed by atoms with Gasteiger partial charge in [0.05, 0.1) is 12.3 Å². The molecule has 4 atom stereocenters. The van der Waals surface area contributed by atoms with Crippen molar-refractivity contribution in [3.05, 3.63) is 132 Å². The summed E-state index contributed by atoms with van der Waals surface area (Å²) in [5.74, 6) is 0. The Labute approximate surface area is 198 Å². The van der Waals surface area contributed by atoms with E-state index < -0.39 is 37.4 Å². The van der Waals surface area contributed by atoms with E-state index in [9.17, 15) is 9.13 Å². The Kier molecular flexibility index (Phi) is 5.71. The number of alkyl halides is 2. The zero-order chi connectivity index (χ0) is 23.9. The first-order valence-electron chi connectivity index (χ1n) is 11.1. The average molecular weight is 492 g/mol. The number of halogens is 2. The third kappa shape index (κ3) is 3.35. The molecule has 0 radical (unpaired) electrons. The van der Waals surface area contributed by atoms with Gasteiger partial charge in [-0.1, -0.05) is 121 Å². The molecule has 34 heavy (non-hydrogen) atoms. The summed E-state index contributed by atoms with van der Waals surface area (Å²) in [5.41, 5.74) is 0.321. The molecule has 0 aromatic heterocycles. The van der Waals surface area contributed by atoms with Crippen LogP contribution in [0.2, 0.25) is 0 Å². The van der Waals surface area contributed by atoms with Gasteiger partial charge in [-0.2, -0.15) is 0 Å². The predicted octanol–water partition coefficient (Wildman–Crippen LogP) is 7.02. The topological polar surface area (TPSA) is 34.1 Å². The maximum Gasteiger partial charge on any atom is 0.199 e. The molecule has 1 aliphatic heterocycles. The highest BCUT2D eigenvalue weighted by molar-refractivity contribution is 7.80. The van der Waals surface area contributed by atoms with Crippen molar-refractivity contribution in [2.45, 2.75) is 10.8 Å². The normalized spacial score (nSPS) is 31.1. The quantitative estimate of drug-likeness (QED) is 0.287. The molecule has 6 heteroatoms. The molecule has 1 saturated heterocycles. The van der Waals surface area contributed by atoms with Crippen LogP contribution in [0.1, 0.15) is 11.1 Å². The van der Waals surface area contributed by atoms with Crippen LogP contribution >= 0.6 is 14.3 Å². The van der Waals surface area contributed by atoms with Gasteiger partial charge in [-0.15, -0.1) is 0 Å². The largest absolute Gasteiger partial charge is 0.315 e. The summed E-state index contributed by atoms with van der Waals surface area (Å²) in [6.07, 6.45) is -1.38. The van der Waals surface area contributed by atoms with Gasteiger partial charge < -0.3 is 9.13 Å². The molecule has 0 bridgehead atoms. The van der Waals surface area contributed by atoms with Crippen molar-refractivity contribution >= 4 is 24.9 Å². The molecular formula is C28H24F2O2P2. The van der Waals surface area contributed by atoms with E-state index in [0.717, 1.165) is 0 Å². The molecule has 4 unspecified atom stereocenters. The number of hydrogen-bond acceptors (Lipinski definition) is 2. The minimum atomic E-state index is -4.11. The molecule has 0 saturated carbocycles. The Bertz CT molecular complexity index is 1270. The minimum Gasteiger partial charge on any atom is -0.315 e. The lowest BCUT2D eigenvalue weighted by Crippen LogP contribution is -2.46. The predicted molar refractivity (Wildman–Crippen MR) is 136 cm³/mol. The van der Waals surface area contributed by atoms with Crippen molar-refractivity contribution in [1.82, 2.24) is 0 Å². The molecule has 2 nitrogen and oxygen atoms in total. The molecule has 5 rings (SSSR count). The van der Waals surface area contributed by atoms with E-state index in [4.69, 9.17) is 0 Å². The van der Waals surface area contributed by atoms with Crippen molar-refractivity contribution in [2.24, 2.45) is 0 Å². The molecule has 4 aromatic rings. The van der Waals surface area contributed by atoms with Crippen molar-refractivity contribution in [2.75, 3.05) is 12.3 Å². The van der Waals surface area contributed by atoms with Crippen LogP contribution in [0, 0.1) is 0 Å². The zero-order valence-electron chi connectivity index (χ0n) is 18.4. The van der Waals surface area contributed by atoms with E-state index in [1.165, 1.54) is 0 Å². The molecule has 1 aliphatic rings. The van der Waals surface area contributed by atoms with Gasteiger partial charge in [-0.25, -0.2) is 8.78 Å². The van der Waals surface area contributed by atoms with Crippen LogP contribution < -0.4 is 10.6 Å². The van der Waals surface area contributed by atoms with Gasteiger partial charge in [0.25, 0.3) is 0 Å². The molecule has 0 amide bonds. The van der Waals surface area contributed by atoms with Crippen molar-refractivity contribution in [3.8, 4) is 0 Å². The van der Waals surface area contributed by atoms with Crippen LogP contribution in [0.4, 0.5) is 8.78 Å². The molecular weight excluding hydrogens is 468 g/mol.